The molecule has 6 nitrogen and oxygen atoms in total. The highest BCUT2D eigenvalue weighted by Crippen LogP contribution is 2.34. The zero-order chi connectivity index (χ0) is 17.2. The normalized spacial score (nSPS) is 20.0. The van der Waals surface area contributed by atoms with Crippen LogP contribution >= 0.6 is 0 Å². The highest BCUT2D eigenvalue weighted by atomic mass is 16.5. The molecule has 25 heavy (non-hydrogen) atoms. The van der Waals surface area contributed by atoms with Crippen molar-refractivity contribution >= 4 is 17.1 Å². The summed E-state index contributed by atoms with van der Waals surface area (Å²) in [6.45, 7) is 1.02. The molecule has 0 saturated carbocycles. The van der Waals surface area contributed by atoms with E-state index in [1.54, 1.807) is 12.4 Å². The molecule has 2 aromatic heterocycles. The molecule has 1 fully saturated rings. The van der Waals surface area contributed by atoms with Crippen LogP contribution in [0, 0.1) is 5.92 Å². The molecule has 0 unspecified atom stereocenters. The maximum Gasteiger partial charge on any atom is 0.339 e. The number of aryl methyl sites for hydroxylation is 1. The Bertz CT molecular complexity index is 891. The van der Waals surface area contributed by atoms with Crippen LogP contribution in [-0.4, -0.2) is 33.7 Å². The van der Waals surface area contributed by atoms with Gasteiger partial charge in [0.25, 0.3) is 0 Å². The van der Waals surface area contributed by atoms with Crippen LogP contribution in [0.3, 0.4) is 0 Å². The second kappa shape index (κ2) is 6.64. The Hall–Kier alpha value is -2.73. The molecule has 2 atom stereocenters. The standard InChI is InChI=1S/C19H19N3O3/c1-22-12-21-16-9-15(10-20-18(16)22)19(23)25-11-14-7-8-24-17(14)13-5-3-2-4-6-13/h2-6,9-10,12,14,17H,7-8,11H2,1H3/t14-,17+/m0/s1. The lowest BCUT2D eigenvalue weighted by molar-refractivity contribution is 0.0306. The molecular weight excluding hydrogens is 318 g/mol. The molecule has 0 radical (unpaired) electrons. The van der Waals surface area contributed by atoms with Crippen LogP contribution in [0.2, 0.25) is 0 Å². The zero-order valence-corrected chi connectivity index (χ0v) is 14.0. The third-order valence-electron chi connectivity index (χ3n) is 4.56. The number of ether oxygens (including phenoxy) is 2. The summed E-state index contributed by atoms with van der Waals surface area (Å²) in [4.78, 5) is 20.9. The lowest BCUT2D eigenvalue weighted by Crippen LogP contribution is -2.17. The average Bonchev–Trinajstić information content (AvgIpc) is 3.27. The van der Waals surface area contributed by atoms with Gasteiger partial charge in [-0.3, -0.25) is 0 Å². The molecule has 1 aliphatic rings. The minimum atomic E-state index is -0.376. The van der Waals surface area contributed by atoms with Gasteiger partial charge in [-0.2, -0.15) is 0 Å². The molecule has 0 N–H and O–H groups in total. The highest BCUT2D eigenvalue weighted by molar-refractivity contribution is 5.92. The van der Waals surface area contributed by atoms with Crippen molar-refractivity contribution < 1.29 is 14.3 Å². The largest absolute Gasteiger partial charge is 0.462 e. The second-order valence-electron chi connectivity index (χ2n) is 6.27. The Kier molecular flexibility index (Phi) is 4.19. The lowest BCUT2D eigenvalue weighted by Gasteiger charge is -2.18. The molecule has 0 aliphatic carbocycles. The number of benzene rings is 1. The number of carbonyl (C=O) groups excluding carboxylic acids is 1. The molecule has 6 heteroatoms. The third-order valence-corrected chi connectivity index (χ3v) is 4.56. The first-order valence-corrected chi connectivity index (χ1v) is 8.33. The van der Waals surface area contributed by atoms with E-state index in [1.807, 2.05) is 41.9 Å². The van der Waals surface area contributed by atoms with E-state index in [2.05, 4.69) is 9.97 Å². The van der Waals surface area contributed by atoms with Gasteiger partial charge in [0, 0.05) is 25.8 Å². The number of pyridine rings is 1. The first-order valence-electron chi connectivity index (χ1n) is 8.33. The maximum atomic E-state index is 12.4. The molecule has 128 valence electrons. The van der Waals surface area contributed by atoms with Gasteiger partial charge in [0.2, 0.25) is 0 Å². The van der Waals surface area contributed by atoms with Crippen molar-refractivity contribution in [1.29, 1.82) is 0 Å². The summed E-state index contributed by atoms with van der Waals surface area (Å²) in [6.07, 6.45) is 4.06. The van der Waals surface area contributed by atoms with Crippen molar-refractivity contribution in [2.75, 3.05) is 13.2 Å². The van der Waals surface area contributed by atoms with E-state index in [9.17, 15) is 4.79 Å². The molecule has 0 bridgehead atoms. The summed E-state index contributed by atoms with van der Waals surface area (Å²) < 4.78 is 13.2. The summed E-state index contributed by atoms with van der Waals surface area (Å²) in [5.74, 6) is -0.211. The van der Waals surface area contributed by atoms with Gasteiger partial charge in [0.05, 0.1) is 24.6 Å². The molecule has 4 rings (SSSR count). The van der Waals surface area contributed by atoms with Gasteiger partial charge >= 0.3 is 5.97 Å². The Morgan fingerprint density at radius 3 is 3.00 bits per heavy atom. The van der Waals surface area contributed by atoms with Gasteiger partial charge < -0.3 is 14.0 Å². The van der Waals surface area contributed by atoms with E-state index in [0.717, 1.165) is 17.6 Å². The molecule has 0 spiro atoms. The molecule has 1 aliphatic heterocycles. The lowest BCUT2D eigenvalue weighted by atomic mass is 9.96. The van der Waals surface area contributed by atoms with E-state index in [-0.39, 0.29) is 18.0 Å². The van der Waals surface area contributed by atoms with Crippen molar-refractivity contribution in [3.63, 3.8) is 0 Å². The average molecular weight is 337 g/mol. The Labute approximate surface area is 145 Å². The monoisotopic (exact) mass is 337 g/mol. The number of hydrogen-bond acceptors (Lipinski definition) is 5. The number of fused-ring (bicyclic) bond motifs is 1. The summed E-state index contributed by atoms with van der Waals surface area (Å²) in [5, 5.41) is 0. The summed E-state index contributed by atoms with van der Waals surface area (Å²) in [6, 6.07) is 11.8. The van der Waals surface area contributed by atoms with E-state index in [4.69, 9.17) is 9.47 Å². The fourth-order valence-electron chi connectivity index (χ4n) is 3.21. The van der Waals surface area contributed by atoms with Crippen molar-refractivity contribution in [2.45, 2.75) is 12.5 Å². The van der Waals surface area contributed by atoms with Crippen molar-refractivity contribution in [2.24, 2.45) is 13.0 Å². The smallest absolute Gasteiger partial charge is 0.339 e. The number of rotatable bonds is 4. The number of hydrogen-bond donors (Lipinski definition) is 0. The van der Waals surface area contributed by atoms with Gasteiger partial charge in [-0.1, -0.05) is 30.3 Å². The number of nitrogens with zero attached hydrogens (tertiary/aromatic N) is 3. The van der Waals surface area contributed by atoms with Crippen LogP contribution in [0.4, 0.5) is 0 Å². The minimum absolute atomic E-state index is 0.0228. The first-order chi connectivity index (χ1) is 12.2. The van der Waals surface area contributed by atoms with Crippen molar-refractivity contribution in [3.05, 3.63) is 60.0 Å². The fraction of sp³-hybridized carbons (Fsp3) is 0.316. The zero-order valence-electron chi connectivity index (χ0n) is 14.0. The van der Waals surface area contributed by atoms with Crippen LogP contribution in [0.15, 0.2) is 48.9 Å². The van der Waals surface area contributed by atoms with Gasteiger partial charge in [0.1, 0.15) is 5.52 Å². The molecule has 1 saturated heterocycles. The van der Waals surface area contributed by atoms with Crippen LogP contribution in [0.1, 0.15) is 28.4 Å². The molecular formula is C19H19N3O3. The van der Waals surface area contributed by atoms with Crippen LogP contribution < -0.4 is 0 Å². The maximum absolute atomic E-state index is 12.4. The van der Waals surface area contributed by atoms with Crippen molar-refractivity contribution in [3.8, 4) is 0 Å². The predicted molar refractivity (Wildman–Crippen MR) is 92.0 cm³/mol. The number of imidazole rings is 1. The number of esters is 1. The highest BCUT2D eigenvalue weighted by Gasteiger charge is 2.30. The Morgan fingerprint density at radius 1 is 1.32 bits per heavy atom. The topological polar surface area (TPSA) is 66.2 Å². The van der Waals surface area contributed by atoms with Crippen LogP contribution in [0.25, 0.3) is 11.2 Å². The summed E-state index contributed by atoms with van der Waals surface area (Å²) in [7, 11) is 1.87. The third kappa shape index (κ3) is 3.13. The predicted octanol–water partition coefficient (Wildman–Crippen LogP) is 2.90. The fourth-order valence-corrected chi connectivity index (χ4v) is 3.21. The number of aromatic nitrogens is 3. The van der Waals surface area contributed by atoms with Gasteiger partial charge in [0.15, 0.2) is 5.65 Å². The van der Waals surface area contributed by atoms with Gasteiger partial charge in [-0.05, 0) is 18.1 Å². The number of carbonyl (C=O) groups is 1. The molecule has 1 aromatic carbocycles. The molecule has 3 aromatic rings. The van der Waals surface area contributed by atoms with E-state index in [1.165, 1.54) is 6.20 Å². The van der Waals surface area contributed by atoms with Gasteiger partial charge in [-0.25, -0.2) is 14.8 Å². The second-order valence-corrected chi connectivity index (χ2v) is 6.27. The van der Waals surface area contributed by atoms with E-state index in [0.29, 0.717) is 24.3 Å². The Balaban J connectivity index is 1.43. The minimum Gasteiger partial charge on any atom is -0.462 e. The summed E-state index contributed by atoms with van der Waals surface area (Å²) in [5.41, 5.74) is 2.96. The van der Waals surface area contributed by atoms with Crippen molar-refractivity contribution in [1.82, 2.24) is 14.5 Å². The van der Waals surface area contributed by atoms with Crippen LogP contribution in [0.5, 0.6) is 0 Å². The molecule has 3 heterocycles. The van der Waals surface area contributed by atoms with E-state index >= 15 is 0 Å². The SMILES string of the molecule is Cn1cnc2cc(C(=O)OC[C@@H]3CCO[C@@H]3c3ccccc3)cnc21. The first kappa shape index (κ1) is 15.8. The Morgan fingerprint density at radius 2 is 2.16 bits per heavy atom. The van der Waals surface area contributed by atoms with E-state index < -0.39 is 0 Å². The van der Waals surface area contributed by atoms with Crippen LogP contribution in [-0.2, 0) is 16.5 Å². The molecule has 0 amide bonds. The quantitative estimate of drug-likeness (QED) is 0.685. The van der Waals surface area contributed by atoms with Gasteiger partial charge in [-0.15, -0.1) is 0 Å². The summed E-state index contributed by atoms with van der Waals surface area (Å²) >= 11 is 0.